The van der Waals surface area contributed by atoms with Crippen LogP contribution in [0.3, 0.4) is 0 Å². The van der Waals surface area contributed by atoms with E-state index in [0.717, 1.165) is 16.6 Å². The summed E-state index contributed by atoms with van der Waals surface area (Å²) in [5, 5.41) is 19.8. The first-order valence-electron chi connectivity index (χ1n) is 6.90. The Morgan fingerprint density at radius 2 is 1.95 bits per heavy atom. The molecule has 0 spiro atoms. The van der Waals surface area contributed by atoms with Crippen LogP contribution in [0.25, 0.3) is 11.1 Å². The summed E-state index contributed by atoms with van der Waals surface area (Å²) in [6.07, 6.45) is 0. The SMILES string of the molecule is Bc1cc(O)c(-c2c(C#N)cccc2C(C)C)c(OC)c1. The van der Waals surface area contributed by atoms with E-state index in [-0.39, 0.29) is 11.7 Å². The maximum atomic E-state index is 10.4. The Morgan fingerprint density at radius 3 is 2.52 bits per heavy atom. The lowest BCUT2D eigenvalue weighted by Gasteiger charge is -2.18. The first kappa shape index (κ1) is 15.0. The number of methoxy groups -OCH3 is 1. The van der Waals surface area contributed by atoms with E-state index < -0.39 is 0 Å². The second-order valence-corrected chi connectivity index (χ2v) is 5.40. The van der Waals surface area contributed by atoms with Gasteiger partial charge in [-0.1, -0.05) is 31.4 Å². The molecule has 0 aliphatic carbocycles. The summed E-state index contributed by atoms with van der Waals surface area (Å²) in [6.45, 7) is 4.13. The molecular formula is C17H18BNO2. The number of rotatable bonds is 3. The molecule has 0 atom stereocenters. The molecule has 0 saturated heterocycles. The van der Waals surface area contributed by atoms with Gasteiger partial charge in [0.25, 0.3) is 0 Å². The van der Waals surface area contributed by atoms with Gasteiger partial charge in [-0.3, -0.25) is 0 Å². The van der Waals surface area contributed by atoms with Crippen LogP contribution in [0.2, 0.25) is 0 Å². The molecule has 0 radical (unpaired) electrons. The van der Waals surface area contributed by atoms with Crippen LogP contribution in [0.15, 0.2) is 30.3 Å². The zero-order valence-corrected chi connectivity index (χ0v) is 12.8. The summed E-state index contributed by atoms with van der Waals surface area (Å²) in [5.74, 6) is 0.951. The molecule has 2 rings (SSSR count). The number of aromatic hydroxyl groups is 1. The van der Waals surface area contributed by atoms with Crippen LogP contribution in [-0.2, 0) is 0 Å². The highest BCUT2D eigenvalue weighted by Gasteiger charge is 2.20. The number of nitrogens with zero attached hydrogens (tertiary/aromatic N) is 1. The lowest BCUT2D eigenvalue weighted by molar-refractivity contribution is 0.410. The Bertz CT molecular complexity index is 717. The lowest BCUT2D eigenvalue weighted by Crippen LogP contribution is -2.05. The molecule has 0 unspecified atom stereocenters. The molecule has 0 aromatic heterocycles. The fraction of sp³-hybridized carbons (Fsp3) is 0.235. The highest BCUT2D eigenvalue weighted by atomic mass is 16.5. The first-order valence-corrected chi connectivity index (χ1v) is 6.90. The van der Waals surface area contributed by atoms with Gasteiger partial charge in [-0.2, -0.15) is 5.26 Å². The van der Waals surface area contributed by atoms with Gasteiger partial charge in [0.05, 0.1) is 24.3 Å². The van der Waals surface area contributed by atoms with Gasteiger partial charge >= 0.3 is 0 Å². The minimum Gasteiger partial charge on any atom is -0.507 e. The largest absolute Gasteiger partial charge is 0.507 e. The molecule has 0 aliphatic heterocycles. The van der Waals surface area contributed by atoms with Crippen LogP contribution in [0.1, 0.15) is 30.9 Å². The highest BCUT2D eigenvalue weighted by Crippen LogP contribution is 2.42. The Labute approximate surface area is 126 Å². The van der Waals surface area contributed by atoms with E-state index in [0.29, 0.717) is 16.9 Å². The molecule has 3 nitrogen and oxygen atoms in total. The summed E-state index contributed by atoms with van der Waals surface area (Å²) in [5.41, 5.74) is 3.81. The quantitative estimate of drug-likeness (QED) is 0.877. The summed E-state index contributed by atoms with van der Waals surface area (Å²) in [6, 6.07) is 11.4. The maximum absolute atomic E-state index is 10.4. The van der Waals surface area contributed by atoms with Crippen molar-refractivity contribution in [2.45, 2.75) is 19.8 Å². The molecule has 1 N–H and O–H groups in total. The minimum absolute atomic E-state index is 0.136. The van der Waals surface area contributed by atoms with Crippen molar-refractivity contribution in [3.63, 3.8) is 0 Å². The van der Waals surface area contributed by atoms with E-state index >= 15 is 0 Å². The Kier molecular flexibility index (Phi) is 4.23. The second-order valence-electron chi connectivity index (χ2n) is 5.40. The number of hydrogen-bond acceptors (Lipinski definition) is 3. The van der Waals surface area contributed by atoms with Gasteiger partial charge in [0.2, 0.25) is 0 Å². The van der Waals surface area contributed by atoms with Crippen molar-refractivity contribution in [2.75, 3.05) is 7.11 Å². The molecular weight excluding hydrogens is 261 g/mol. The number of ether oxygens (including phenoxy) is 1. The number of phenols is 1. The van der Waals surface area contributed by atoms with E-state index in [9.17, 15) is 10.4 Å². The van der Waals surface area contributed by atoms with E-state index in [1.807, 2.05) is 26.0 Å². The summed E-state index contributed by atoms with van der Waals surface area (Å²) in [4.78, 5) is 0. The monoisotopic (exact) mass is 279 g/mol. The number of phenolic OH excluding ortho intramolecular Hbond substituents is 1. The Hall–Kier alpha value is -2.41. The van der Waals surface area contributed by atoms with E-state index in [1.54, 1.807) is 19.2 Å². The number of nitriles is 1. The van der Waals surface area contributed by atoms with E-state index in [4.69, 9.17) is 4.74 Å². The summed E-state index contributed by atoms with van der Waals surface area (Å²) < 4.78 is 5.43. The molecule has 4 heteroatoms. The standard InChI is InChI=1S/C17H18BNO2/c1-10(2)13-6-4-5-11(9-19)16(13)17-14(20)7-12(18)8-15(17)21-3/h4-8,10,20H,18H2,1-3H3. The Balaban J connectivity index is 2.88. The van der Waals surface area contributed by atoms with Gasteiger partial charge in [-0.25, -0.2) is 0 Å². The van der Waals surface area contributed by atoms with Crippen molar-refractivity contribution in [2.24, 2.45) is 0 Å². The van der Waals surface area contributed by atoms with E-state index in [2.05, 4.69) is 19.9 Å². The molecule has 0 bridgehead atoms. The van der Waals surface area contributed by atoms with Crippen LogP contribution in [0, 0.1) is 11.3 Å². The van der Waals surface area contributed by atoms with Crippen LogP contribution in [0.5, 0.6) is 11.5 Å². The minimum atomic E-state index is 0.136. The lowest BCUT2D eigenvalue weighted by atomic mass is 9.86. The molecule has 0 aliphatic rings. The van der Waals surface area contributed by atoms with Crippen molar-refractivity contribution < 1.29 is 9.84 Å². The van der Waals surface area contributed by atoms with E-state index in [1.165, 1.54) is 0 Å². The third-order valence-corrected chi connectivity index (χ3v) is 3.53. The molecule has 0 saturated carbocycles. The first-order chi connectivity index (χ1) is 9.99. The Morgan fingerprint density at radius 1 is 1.24 bits per heavy atom. The fourth-order valence-electron chi connectivity index (χ4n) is 2.57. The average molecular weight is 279 g/mol. The smallest absolute Gasteiger partial charge is 0.139 e. The van der Waals surface area contributed by atoms with Gasteiger partial charge in [0.15, 0.2) is 0 Å². The normalized spacial score (nSPS) is 10.4. The van der Waals surface area contributed by atoms with Crippen LogP contribution >= 0.6 is 0 Å². The van der Waals surface area contributed by atoms with Gasteiger partial charge in [0, 0.05) is 5.56 Å². The zero-order valence-electron chi connectivity index (χ0n) is 12.8. The molecule has 106 valence electrons. The van der Waals surface area contributed by atoms with Crippen LogP contribution in [0.4, 0.5) is 0 Å². The maximum Gasteiger partial charge on any atom is 0.139 e. The average Bonchev–Trinajstić information content (AvgIpc) is 2.45. The van der Waals surface area contributed by atoms with Gasteiger partial charge < -0.3 is 9.84 Å². The number of benzene rings is 2. The summed E-state index contributed by atoms with van der Waals surface area (Å²) >= 11 is 0. The fourth-order valence-corrected chi connectivity index (χ4v) is 2.57. The molecule has 2 aromatic rings. The molecule has 2 aromatic carbocycles. The predicted molar refractivity (Wildman–Crippen MR) is 87.1 cm³/mol. The molecule has 0 heterocycles. The topological polar surface area (TPSA) is 53.2 Å². The van der Waals surface area contributed by atoms with Crippen LogP contribution < -0.4 is 10.2 Å². The summed E-state index contributed by atoms with van der Waals surface area (Å²) in [7, 11) is 3.47. The molecule has 0 fully saturated rings. The van der Waals surface area contributed by atoms with Crippen molar-refractivity contribution >= 4 is 13.3 Å². The van der Waals surface area contributed by atoms with Crippen molar-refractivity contribution in [1.29, 1.82) is 5.26 Å². The van der Waals surface area contributed by atoms with Gasteiger partial charge in [-0.15, -0.1) is 0 Å². The third kappa shape index (κ3) is 2.73. The molecule has 0 amide bonds. The zero-order chi connectivity index (χ0) is 15.6. The number of hydrogen-bond donors (Lipinski definition) is 1. The van der Waals surface area contributed by atoms with Crippen molar-refractivity contribution in [1.82, 2.24) is 0 Å². The van der Waals surface area contributed by atoms with Crippen molar-refractivity contribution in [3.05, 3.63) is 41.5 Å². The highest BCUT2D eigenvalue weighted by molar-refractivity contribution is 6.32. The third-order valence-electron chi connectivity index (χ3n) is 3.53. The second kappa shape index (κ2) is 5.93. The molecule has 21 heavy (non-hydrogen) atoms. The van der Waals surface area contributed by atoms with Crippen molar-refractivity contribution in [3.8, 4) is 28.7 Å². The van der Waals surface area contributed by atoms with Gasteiger partial charge in [-0.05, 0) is 29.7 Å². The van der Waals surface area contributed by atoms with Gasteiger partial charge in [0.1, 0.15) is 19.3 Å². The predicted octanol–water partition coefficient (Wildman–Crippen LogP) is 2.32. The van der Waals surface area contributed by atoms with Crippen LogP contribution in [-0.4, -0.2) is 20.1 Å².